The number of carbonyl (C=O) groups is 3. The quantitative estimate of drug-likeness (QED) is 0.338. The molecule has 0 N–H and O–H groups in total. The number of barbiturate groups is 1. The molecule has 0 saturated carbocycles. The first-order chi connectivity index (χ1) is 15.4. The van der Waals surface area contributed by atoms with Crippen LogP contribution in [0.5, 0.6) is 5.75 Å². The number of ether oxygens (including phenoxy) is 1. The maximum Gasteiger partial charge on any atom is 0.333 e. The molecule has 1 fully saturated rings. The normalized spacial score (nSPS) is 14.5. The Morgan fingerprint density at radius 2 is 1.56 bits per heavy atom. The SMILES string of the molecule is Cc1ccccc1OCCCn1cc(C=C2C(=O)N(C)C(=O)N(C)C2=O)c2ccccc21. The third kappa shape index (κ3) is 3.89. The van der Waals surface area contributed by atoms with Gasteiger partial charge in [0.15, 0.2) is 0 Å². The molecule has 7 heteroatoms. The maximum absolute atomic E-state index is 12.6. The molecule has 32 heavy (non-hydrogen) atoms. The zero-order valence-electron chi connectivity index (χ0n) is 18.4. The maximum atomic E-state index is 12.6. The highest BCUT2D eigenvalue weighted by Crippen LogP contribution is 2.26. The molecule has 2 aromatic carbocycles. The predicted octanol–water partition coefficient (Wildman–Crippen LogP) is 3.85. The smallest absolute Gasteiger partial charge is 0.333 e. The van der Waals surface area contributed by atoms with E-state index in [1.54, 1.807) is 6.08 Å². The van der Waals surface area contributed by atoms with Gasteiger partial charge in [-0.3, -0.25) is 19.4 Å². The number of carbonyl (C=O) groups excluding carboxylic acids is 3. The van der Waals surface area contributed by atoms with Crippen molar-refractivity contribution in [2.24, 2.45) is 0 Å². The summed E-state index contributed by atoms with van der Waals surface area (Å²) in [5.41, 5.74) is 2.83. The number of amides is 4. The van der Waals surface area contributed by atoms with E-state index in [1.165, 1.54) is 14.1 Å². The predicted molar refractivity (Wildman–Crippen MR) is 122 cm³/mol. The molecule has 0 atom stereocenters. The van der Waals surface area contributed by atoms with Crippen molar-refractivity contribution < 1.29 is 19.1 Å². The molecule has 0 spiro atoms. The van der Waals surface area contributed by atoms with Crippen LogP contribution in [0.25, 0.3) is 17.0 Å². The second kappa shape index (κ2) is 8.70. The standard InChI is InChI=1S/C25H25N3O4/c1-17-9-4-7-12-22(17)32-14-8-13-28-16-18(19-10-5-6-11-21(19)28)15-20-23(29)26(2)25(31)27(3)24(20)30/h4-7,9-12,15-16H,8,13-14H2,1-3H3. The molecule has 0 aliphatic carbocycles. The number of hydrogen-bond acceptors (Lipinski definition) is 4. The van der Waals surface area contributed by atoms with Gasteiger partial charge in [-0.1, -0.05) is 36.4 Å². The van der Waals surface area contributed by atoms with Gasteiger partial charge in [0, 0.05) is 43.3 Å². The lowest BCUT2D eigenvalue weighted by atomic mass is 10.1. The van der Waals surface area contributed by atoms with Gasteiger partial charge in [-0.15, -0.1) is 0 Å². The Hall–Kier alpha value is -3.87. The van der Waals surface area contributed by atoms with E-state index in [9.17, 15) is 14.4 Å². The first-order valence-electron chi connectivity index (χ1n) is 10.5. The second-order valence-corrected chi connectivity index (χ2v) is 7.83. The summed E-state index contributed by atoms with van der Waals surface area (Å²) in [5.74, 6) is -0.310. The van der Waals surface area contributed by atoms with Crippen molar-refractivity contribution in [1.29, 1.82) is 0 Å². The van der Waals surface area contributed by atoms with Gasteiger partial charge in [0.05, 0.1) is 6.61 Å². The van der Waals surface area contributed by atoms with Crippen molar-refractivity contribution in [2.45, 2.75) is 19.9 Å². The van der Waals surface area contributed by atoms with E-state index in [0.717, 1.165) is 50.5 Å². The average molecular weight is 431 g/mol. The Kier molecular flexibility index (Phi) is 5.81. The van der Waals surface area contributed by atoms with E-state index in [4.69, 9.17) is 4.74 Å². The van der Waals surface area contributed by atoms with E-state index in [-0.39, 0.29) is 5.57 Å². The summed E-state index contributed by atoms with van der Waals surface area (Å²) in [4.78, 5) is 39.1. The van der Waals surface area contributed by atoms with E-state index in [0.29, 0.717) is 6.61 Å². The summed E-state index contributed by atoms with van der Waals surface area (Å²) < 4.78 is 8.00. The molecule has 7 nitrogen and oxygen atoms in total. The molecule has 0 bridgehead atoms. The summed E-state index contributed by atoms with van der Waals surface area (Å²) in [6.07, 6.45) is 4.30. The minimum absolute atomic E-state index is 0.0274. The van der Waals surface area contributed by atoms with Crippen LogP contribution in [-0.2, 0) is 16.1 Å². The zero-order valence-corrected chi connectivity index (χ0v) is 18.4. The number of para-hydroxylation sites is 2. The van der Waals surface area contributed by atoms with Crippen molar-refractivity contribution in [3.05, 3.63) is 71.4 Å². The Morgan fingerprint density at radius 1 is 0.906 bits per heavy atom. The summed E-state index contributed by atoms with van der Waals surface area (Å²) in [5, 5.41) is 0.933. The highest BCUT2D eigenvalue weighted by atomic mass is 16.5. The topological polar surface area (TPSA) is 71.8 Å². The van der Waals surface area contributed by atoms with Crippen LogP contribution >= 0.6 is 0 Å². The molecule has 1 aliphatic rings. The van der Waals surface area contributed by atoms with Crippen molar-refractivity contribution in [3.63, 3.8) is 0 Å². The number of rotatable bonds is 6. The molecule has 1 aromatic heterocycles. The minimum atomic E-state index is -0.631. The number of aryl methyl sites for hydroxylation is 2. The Bertz CT molecular complexity index is 1210. The summed E-state index contributed by atoms with van der Waals surface area (Å²) in [6.45, 7) is 3.31. The summed E-state index contributed by atoms with van der Waals surface area (Å²) in [6, 6.07) is 15.1. The van der Waals surface area contributed by atoms with Gasteiger partial charge in [-0.05, 0) is 37.1 Å². The van der Waals surface area contributed by atoms with Gasteiger partial charge >= 0.3 is 6.03 Å². The van der Waals surface area contributed by atoms with Gasteiger partial charge in [0.2, 0.25) is 0 Å². The lowest BCUT2D eigenvalue weighted by molar-refractivity contribution is -0.134. The van der Waals surface area contributed by atoms with Crippen molar-refractivity contribution in [1.82, 2.24) is 14.4 Å². The summed E-state index contributed by atoms with van der Waals surface area (Å²) in [7, 11) is 2.75. The number of urea groups is 1. The highest BCUT2D eigenvalue weighted by molar-refractivity contribution is 6.31. The van der Waals surface area contributed by atoms with Crippen molar-refractivity contribution in [2.75, 3.05) is 20.7 Å². The Labute approximate surface area is 186 Å². The highest BCUT2D eigenvalue weighted by Gasteiger charge is 2.37. The number of fused-ring (bicyclic) bond motifs is 1. The monoisotopic (exact) mass is 431 g/mol. The molecular formula is C25H25N3O4. The lowest BCUT2D eigenvalue weighted by Gasteiger charge is -2.28. The molecular weight excluding hydrogens is 406 g/mol. The van der Waals surface area contributed by atoms with Crippen LogP contribution in [0.1, 0.15) is 17.5 Å². The number of aromatic nitrogens is 1. The molecule has 0 unspecified atom stereocenters. The van der Waals surface area contributed by atoms with E-state index < -0.39 is 17.8 Å². The molecule has 1 aliphatic heterocycles. The average Bonchev–Trinajstić information content (AvgIpc) is 3.15. The minimum Gasteiger partial charge on any atom is -0.493 e. The molecule has 4 amide bonds. The lowest BCUT2D eigenvalue weighted by Crippen LogP contribution is -2.52. The fourth-order valence-corrected chi connectivity index (χ4v) is 3.84. The van der Waals surface area contributed by atoms with Crippen LogP contribution in [0.4, 0.5) is 4.79 Å². The zero-order chi connectivity index (χ0) is 22.8. The number of hydrogen-bond donors (Lipinski definition) is 0. The second-order valence-electron chi connectivity index (χ2n) is 7.83. The van der Waals surface area contributed by atoms with E-state index >= 15 is 0 Å². The van der Waals surface area contributed by atoms with Crippen LogP contribution in [0.3, 0.4) is 0 Å². The number of nitrogens with zero attached hydrogens (tertiary/aromatic N) is 3. The molecule has 0 radical (unpaired) electrons. The molecule has 3 aromatic rings. The van der Waals surface area contributed by atoms with Crippen LogP contribution in [0.15, 0.2) is 60.3 Å². The van der Waals surface area contributed by atoms with Gasteiger partial charge < -0.3 is 9.30 Å². The largest absolute Gasteiger partial charge is 0.493 e. The third-order valence-corrected chi connectivity index (χ3v) is 5.66. The molecule has 164 valence electrons. The van der Waals surface area contributed by atoms with E-state index in [1.807, 2.05) is 61.7 Å². The fraction of sp³-hybridized carbons (Fsp3) is 0.240. The first-order valence-corrected chi connectivity index (χ1v) is 10.5. The summed E-state index contributed by atoms with van der Waals surface area (Å²) >= 11 is 0. The van der Waals surface area contributed by atoms with Gasteiger partial charge in [-0.25, -0.2) is 4.79 Å². The molecule has 2 heterocycles. The van der Waals surface area contributed by atoms with Gasteiger partial charge in [0.1, 0.15) is 11.3 Å². The van der Waals surface area contributed by atoms with Crippen LogP contribution < -0.4 is 4.74 Å². The van der Waals surface area contributed by atoms with Crippen LogP contribution in [0.2, 0.25) is 0 Å². The van der Waals surface area contributed by atoms with Crippen molar-refractivity contribution >= 4 is 34.8 Å². The van der Waals surface area contributed by atoms with Crippen LogP contribution in [-0.4, -0.2) is 52.9 Å². The third-order valence-electron chi connectivity index (χ3n) is 5.66. The van der Waals surface area contributed by atoms with Crippen LogP contribution in [0, 0.1) is 6.92 Å². The number of benzene rings is 2. The fourth-order valence-electron chi connectivity index (χ4n) is 3.84. The van der Waals surface area contributed by atoms with Gasteiger partial charge in [-0.2, -0.15) is 0 Å². The molecule has 1 saturated heterocycles. The Balaban J connectivity index is 1.57. The number of likely N-dealkylation sites (N-methyl/N-ethyl adjacent to an activating group) is 2. The molecule has 4 rings (SSSR count). The van der Waals surface area contributed by atoms with Gasteiger partial charge in [0.25, 0.3) is 11.8 Å². The first kappa shape index (κ1) is 21.4. The van der Waals surface area contributed by atoms with E-state index in [2.05, 4.69) is 4.57 Å². The van der Waals surface area contributed by atoms with Crippen molar-refractivity contribution in [3.8, 4) is 5.75 Å². The Morgan fingerprint density at radius 3 is 2.28 bits per heavy atom. The number of imide groups is 2.